The fraction of sp³-hybridized carbons (Fsp3) is 0.619. The number of nitrogens with one attached hydrogen (secondary N) is 1. The van der Waals surface area contributed by atoms with Gasteiger partial charge in [0.05, 0.1) is 10.6 Å². The summed E-state index contributed by atoms with van der Waals surface area (Å²) in [4.78, 5) is 26.7. The normalized spacial score (nSPS) is 25.0. The van der Waals surface area contributed by atoms with Crippen LogP contribution in [-0.4, -0.2) is 56.8 Å². The van der Waals surface area contributed by atoms with Crippen molar-refractivity contribution < 1.29 is 22.7 Å². The Bertz CT molecular complexity index is 927. The summed E-state index contributed by atoms with van der Waals surface area (Å²) in [6.45, 7) is 2.82. The third-order valence-electron chi connectivity index (χ3n) is 6.34. The van der Waals surface area contributed by atoms with E-state index in [1.165, 1.54) is 27.8 Å². The number of carbonyl (C=O) groups excluding carboxylic acids is 2. The highest BCUT2D eigenvalue weighted by Crippen LogP contribution is 2.35. The quantitative estimate of drug-likeness (QED) is 0.762. The maximum absolute atomic E-state index is 12.9. The fourth-order valence-corrected chi connectivity index (χ4v) is 6.06. The monoisotopic (exact) mass is 435 g/mol. The van der Waals surface area contributed by atoms with E-state index in [4.69, 9.17) is 4.74 Å². The first kappa shape index (κ1) is 21.1. The molecule has 1 aromatic rings. The van der Waals surface area contributed by atoms with Gasteiger partial charge < -0.3 is 10.1 Å². The minimum absolute atomic E-state index is 0.115. The van der Waals surface area contributed by atoms with Crippen molar-refractivity contribution in [3.8, 4) is 5.75 Å². The van der Waals surface area contributed by atoms with E-state index in [1.807, 2.05) is 0 Å². The Kier molecular flexibility index (Phi) is 6.02. The van der Waals surface area contributed by atoms with Crippen molar-refractivity contribution in [2.24, 2.45) is 5.92 Å². The fourth-order valence-electron chi connectivity index (χ4n) is 4.52. The summed E-state index contributed by atoms with van der Waals surface area (Å²) in [5.74, 6) is 0.231. The van der Waals surface area contributed by atoms with Gasteiger partial charge in [0.1, 0.15) is 12.3 Å². The van der Waals surface area contributed by atoms with Crippen molar-refractivity contribution in [2.45, 2.75) is 56.4 Å². The van der Waals surface area contributed by atoms with Gasteiger partial charge in [0.2, 0.25) is 15.9 Å². The largest absolute Gasteiger partial charge is 0.482 e. The maximum atomic E-state index is 12.9. The van der Waals surface area contributed by atoms with E-state index in [2.05, 4.69) is 12.2 Å². The molecule has 1 saturated heterocycles. The van der Waals surface area contributed by atoms with E-state index in [0.717, 1.165) is 32.1 Å². The van der Waals surface area contributed by atoms with Crippen LogP contribution in [0.1, 0.15) is 45.4 Å². The molecule has 0 aromatic heterocycles. The molecule has 1 saturated carbocycles. The summed E-state index contributed by atoms with van der Waals surface area (Å²) in [5, 5.41) is 3.06. The number of ether oxygens (including phenoxy) is 1. The van der Waals surface area contributed by atoms with Crippen LogP contribution in [0.5, 0.6) is 5.75 Å². The van der Waals surface area contributed by atoms with Gasteiger partial charge in [-0.3, -0.25) is 14.5 Å². The van der Waals surface area contributed by atoms with Crippen LogP contribution < -0.4 is 15.0 Å². The third-order valence-corrected chi connectivity index (χ3v) is 8.23. The Morgan fingerprint density at radius 2 is 1.90 bits per heavy atom. The first-order valence-corrected chi connectivity index (χ1v) is 12.2. The number of hydrogen-bond acceptors (Lipinski definition) is 5. The van der Waals surface area contributed by atoms with E-state index in [1.54, 1.807) is 6.07 Å². The van der Waals surface area contributed by atoms with Crippen LogP contribution in [0.4, 0.5) is 5.69 Å². The smallest absolute Gasteiger partial charge is 0.265 e. The number of anilines is 1. The van der Waals surface area contributed by atoms with Crippen LogP contribution in [-0.2, 0) is 19.6 Å². The molecule has 0 bridgehead atoms. The molecule has 1 N–H and O–H groups in total. The summed E-state index contributed by atoms with van der Waals surface area (Å²) in [6, 6.07) is 4.64. The second-order valence-corrected chi connectivity index (χ2v) is 10.4. The number of rotatable bonds is 5. The van der Waals surface area contributed by atoms with E-state index in [9.17, 15) is 18.0 Å². The molecule has 2 aliphatic heterocycles. The van der Waals surface area contributed by atoms with E-state index >= 15 is 0 Å². The Labute approximate surface area is 177 Å². The average Bonchev–Trinajstić information content (AvgIpc) is 3.27. The minimum Gasteiger partial charge on any atom is -0.482 e. The third kappa shape index (κ3) is 4.18. The zero-order valence-corrected chi connectivity index (χ0v) is 18.1. The zero-order chi connectivity index (χ0) is 21.3. The molecule has 164 valence electrons. The average molecular weight is 436 g/mol. The Balaban J connectivity index is 1.55. The minimum atomic E-state index is -3.63. The number of carbonyl (C=O) groups is 2. The lowest BCUT2D eigenvalue weighted by atomic mass is 9.86. The molecule has 30 heavy (non-hydrogen) atoms. The number of fused-ring (bicyclic) bond motifs is 1. The Hall–Kier alpha value is -2.13. The molecule has 4 rings (SSSR count). The van der Waals surface area contributed by atoms with Crippen molar-refractivity contribution in [1.82, 2.24) is 9.62 Å². The summed E-state index contributed by atoms with van der Waals surface area (Å²) in [6.07, 6.45) is 5.99. The Morgan fingerprint density at radius 3 is 2.63 bits per heavy atom. The lowest BCUT2D eigenvalue weighted by Gasteiger charge is -2.32. The number of sulfonamides is 1. The van der Waals surface area contributed by atoms with Crippen molar-refractivity contribution >= 4 is 27.5 Å². The van der Waals surface area contributed by atoms with Crippen LogP contribution in [0.25, 0.3) is 0 Å². The van der Waals surface area contributed by atoms with Crippen LogP contribution in [0.2, 0.25) is 0 Å². The highest BCUT2D eigenvalue weighted by atomic mass is 32.2. The molecular formula is C21H29N3O5S. The second kappa shape index (κ2) is 8.55. The van der Waals surface area contributed by atoms with Crippen LogP contribution in [0.3, 0.4) is 0 Å². The topological polar surface area (TPSA) is 96.0 Å². The predicted molar refractivity (Wildman–Crippen MR) is 112 cm³/mol. The van der Waals surface area contributed by atoms with Gasteiger partial charge >= 0.3 is 0 Å². The lowest BCUT2D eigenvalue weighted by Crippen LogP contribution is -2.49. The zero-order valence-electron chi connectivity index (χ0n) is 17.3. The van der Waals surface area contributed by atoms with E-state index in [0.29, 0.717) is 30.4 Å². The molecule has 0 spiro atoms. The molecule has 3 aliphatic rings. The standard InChI is InChI=1S/C21H29N3O5S/c1-15-6-2-3-7-17(15)22-20(25)13-24-18-12-16(8-9-19(18)29-14-21(24)26)30(27,28)23-10-4-5-11-23/h8-9,12,15,17H,2-7,10-11,13-14H2,1H3,(H,22,25)/t15-,17+/m0/s1. The number of nitrogens with zero attached hydrogens (tertiary/aromatic N) is 2. The van der Waals surface area contributed by atoms with Gasteiger partial charge in [0.25, 0.3) is 5.91 Å². The van der Waals surface area contributed by atoms with E-state index < -0.39 is 10.0 Å². The SMILES string of the molecule is C[C@H]1CCCC[C@H]1NC(=O)CN1C(=O)COc2ccc(S(=O)(=O)N3CCCC3)cc21. The highest BCUT2D eigenvalue weighted by molar-refractivity contribution is 7.89. The highest BCUT2D eigenvalue weighted by Gasteiger charge is 2.33. The first-order chi connectivity index (χ1) is 14.4. The van der Waals surface area contributed by atoms with Gasteiger partial charge in [-0.1, -0.05) is 19.8 Å². The number of hydrogen-bond donors (Lipinski definition) is 1. The molecule has 1 aromatic carbocycles. The summed E-state index contributed by atoms with van der Waals surface area (Å²) in [7, 11) is -3.63. The Morgan fingerprint density at radius 1 is 1.17 bits per heavy atom. The summed E-state index contributed by atoms with van der Waals surface area (Å²) >= 11 is 0. The van der Waals surface area contributed by atoms with Gasteiger partial charge in [-0.05, 0) is 49.8 Å². The van der Waals surface area contributed by atoms with Gasteiger partial charge in [-0.2, -0.15) is 4.31 Å². The molecule has 9 heteroatoms. The van der Waals surface area contributed by atoms with Crippen molar-refractivity contribution in [2.75, 3.05) is 31.1 Å². The number of benzene rings is 1. The molecular weight excluding hydrogens is 406 g/mol. The van der Waals surface area contributed by atoms with E-state index in [-0.39, 0.29) is 35.9 Å². The molecule has 2 amide bonds. The summed E-state index contributed by atoms with van der Waals surface area (Å²) < 4.78 is 32.8. The van der Waals surface area contributed by atoms with Crippen molar-refractivity contribution in [3.63, 3.8) is 0 Å². The van der Waals surface area contributed by atoms with Crippen LogP contribution >= 0.6 is 0 Å². The molecule has 2 fully saturated rings. The van der Waals surface area contributed by atoms with Gasteiger partial charge in [0.15, 0.2) is 6.61 Å². The molecule has 2 atom stereocenters. The lowest BCUT2D eigenvalue weighted by molar-refractivity contribution is -0.126. The maximum Gasteiger partial charge on any atom is 0.265 e. The second-order valence-electron chi connectivity index (χ2n) is 8.45. The molecule has 0 unspecified atom stereocenters. The van der Waals surface area contributed by atoms with Crippen LogP contribution in [0, 0.1) is 5.92 Å². The molecule has 0 radical (unpaired) electrons. The predicted octanol–water partition coefficient (Wildman–Crippen LogP) is 1.89. The van der Waals surface area contributed by atoms with Gasteiger partial charge in [0, 0.05) is 19.1 Å². The van der Waals surface area contributed by atoms with Crippen molar-refractivity contribution in [3.05, 3.63) is 18.2 Å². The molecule has 1 aliphatic carbocycles. The number of amides is 2. The van der Waals surface area contributed by atoms with Gasteiger partial charge in [-0.15, -0.1) is 0 Å². The molecule has 2 heterocycles. The van der Waals surface area contributed by atoms with Crippen LogP contribution in [0.15, 0.2) is 23.1 Å². The van der Waals surface area contributed by atoms with Gasteiger partial charge in [-0.25, -0.2) is 8.42 Å². The molecule has 8 nitrogen and oxygen atoms in total. The van der Waals surface area contributed by atoms with Crippen molar-refractivity contribution in [1.29, 1.82) is 0 Å². The summed E-state index contributed by atoms with van der Waals surface area (Å²) in [5.41, 5.74) is 0.332. The first-order valence-electron chi connectivity index (χ1n) is 10.7.